The van der Waals surface area contributed by atoms with Crippen molar-refractivity contribution >= 4 is 26.5 Å². The predicted molar refractivity (Wildman–Crippen MR) is 133 cm³/mol. The van der Waals surface area contributed by atoms with Gasteiger partial charge in [-0.25, -0.2) is 4.79 Å². The fraction of sp³-hybridized carbons (Fsp3) is 0.393. The first-order chi connectivity index (χ1) is 15.3. The van der Waals surface area contributed by atoms with E-state index >= 15 is 0 Å². The van der Waals surface area contributed by atoms with E-state index in [0.717, 1.165) is 29.7 Å². The predicted octanol–water partition coefficient (Wildman–Crippen LogP) is 7.09. The summed E-state index contributed by atoms with van der Waals surface area (Å²) in [6.45, 7) is 7.62. The number of thiophene rings is 1. The fourth-order valence-corrected chi connectivity index (χ4v) is 6.38. The Morgan fingerprint density at radius 1 is 1.09 bits per heavy atom. The molecular formula is C28H31O3S+. The van der Waals surface area contributed by atoms with Crippen LogP contribution in [-0.4, -0.2) is 18.2 Å². The average Bonchev–Trinajstić information content (AvgIpc) is 3.41. The molecule has 0 amide bonds. The molecule has 0 radical (unpaired) electrons. The molecule has 1 fully saturated rings. The summed E-state index contributed by atoms with van der Waals surface area (Å²) in [5.41, 5.74) is 1.25. The summed E-state index contributed by atoms with van der Waals surface area (Å²) in [6.07, 6.45) is 4.79. The van der Waals surface area contributed by atoms with Crippen LogP contribution in [0.1, 0.15) is 50.7 Å². The molecule has 4 heteroatoms. The highest BCUT2D eigenvalue weighted by molar-refractivity contribution is 7.43. The molecule has 1 aliphatic carbocycles. The van der Waals surface area contributed by atoms with Gasteiger partial charge < -0.3 is 9.47 Å². The van der Waals surface area contributed by atoms with Crippen LogP contribution in [0.3, 0.4) is 0 Å². The molecule has 3 aromatic rings. The highest BCUT2D eigenvalue weighted by Crippen LogP contribution is 2.42. The van der Waals surface area contributed by atoms with Crippen LogP contribution in [0.15, 0.2) is 47.8 Å². The van der Waals surface area contributed by atoms with Crippen LogP contribution in [0, 0.1) is 31.6 Å². The number of fused-ring (bicyclic) bond motifs is 1. The topological polar surface area (TPSA) is 35.5 Å². The highest BCUT2D eigenvalue weighted by Gasteiger charge is 2.23. The Morgan fingerprint density at radius 2 is 1.78 bits per heavy atom. The molecule has 1 aliphatic rings. The van der Waals surface area contributed by atoms with Crippen molar-refractivity contribution in [2.75, 3.05) is 6.61 Å². The maximum absolute atomic E-state index is 12.4. The molecule has 1 atom stereocenters. The van der Waals surface area contributed by atoms with E-state index in [9.17, 15) is 4.79 Å². The molecule has 0 aliphatic heterocycles. The van der Waals surface area contributed by atoms with E-state index in [1.54, 1.807) is 0 Å². The van der Waals surface area contributed by atoms with Gasteiger partial charge in [-0.15, -0.1) is 0 Å². The third kappa shape index (κ3) is 5.16. The van der Waals surface area contributed by atoms with E-state index < -0.39 is 11.6 Å². The van der Waals surface area contributed by atoms with Crippen LogP contribution >= 0.6 is 10.5 Å². The molecule has 2 aromatic carbocycles. The number of benzene rings is 2. The second-order valence-electron chi connectivity index (χ2n) is 9.09. The highest BCUT2D eigenvalue weighted by atomic mass is 32.2. The van der Waals surface area contributed by atoms with Crippen molar-refractivity contribution in [3.63, 3.8) is 0 Å². The maximum atomic E-state index is 12.4. The molecule has 0 spiro atoms. The van der Waals surface area contributed by atoms with Crippen molar-refractivity contribution in [1.82, 2.24) is 0 Å². The van der Waals surface area contributed by atoms with Gasteiger partial charge in [0.15, 0.2) is 21.8 Å². The van der Waals surface area contributed by atoms with Crippen LogP contribution in [0.4, 0.5) is 0 Å². The number of rotatable bonds is 5. The lowest BCUT2D eigenvalue weighted by Gasteiger charge is -2.20. The Kier molecular flexibility index (Phi) is 6.58. The zero-order chi connectivity index (χ0) is 22.7. The summed E-state index contributed by atoms with van der Waals surface area (Å²) in [5.74, 6) is 7.23. The lowest BCUT2D eigenvalue weighted by Crippen LogP contribution is -2.29. The molecule has 3 nitrogen and oxygen atoms in total. The summed E-state index contributed by atoms with van der Waals surface area (Å²) in [6, 6.07) is 15.0. The van der Waals surface area contributed by atoms with Gasteiger partial charge in [0.2, 0.25) is 0 Å². The molecular weight excluding hydrogens is 416 g/mol. The summed E-state index contributed by atoms with van der Waals surface area (Å²) in [4.78, 5) is 13.7. The van der Waals surface area contributed by atoms with E-state index in [4.69, 9.17) is 9.47 Å². The van der Waals surface area contributed by atoms with Crippen LogP contribution in [-0.2, 0) is 9.53 Å². The Balaban J connectivity index is 1.42. The van der Waals surface area contributed by atoms with Gasteiger partial charge in [0.1, 0.15) is 11.1 Å². The molecule has 1 heterocycles. The van der Waals surface area contributed by atoms with Crippen molar-refractivity contribution in [2.45, 2.75) is 59.0 Å². The molecule has 0 bridgehead atoms. The van der Waals surface area contributed by atoms with E-state index in [1.165, 1.54) is 27.8 Å². The second kappa shape index (κ2) is 9.38. The number of carbonyl (C=O) groups is 1. The lowest BCUT2D eigenvalue weighted by atomic mass is 10.1. The summed E-state index contributed by atoms with van der Waals surface area (Å²) in [7, 11) is -0.0673. The van der Waals surface area contributed by atoms with Gasteiger partial charge in [0, 0.05) is 40.0 Å². The number of carbonyl (C=O) groups excluding carboxylic acids is 1. The molecule has 0 N–H and O–H groups in total. The van der Waals surface area contributed by atoms with Gasteiger partial charge in [-0.05, 0) is 63.8 Å². The van der Waals surface area contributed by atoms with Crippen molar-refractivity contribution in [1.29, 1.82) is 0 Å². The van der Waals surface area contributed by atoms with Gasteiger partial charge in [-0.2, -0.15) is 0 Å². The number of hydrogen-bond donors (Lipinski definition) is 0. The van der Waals surface area contributed by atoms with Crippen LogP contribution < -0.4 is 4.74 Å². The standard InChI is InChI=1S/C28H31O3S/c1-20-17-24(32-16-14-23-11-7-8-12-25(23)32)18-21(2)27(20)30-19-26(29)31-28(3,4)15-13-22-9-5-6-10-22/h7-8,11-12,14,16-18,22H,5-6,9-10,19H2,1-4H3/q+1. The van der Waals surface area contributed by atoms with E-state index in [0.29, 0.717) is 5.92 Å². The minimum atomic E-state index is -0.805. The average molecular weight is 448 g/mol. The third-order valence-electron chi connectivity index (χ3n) is 5.86. The Labute approximate surface area is 193 Å². The van der Waals surface area contributed by atoms with Crippen LogP contribution in [0.5, 0.6) is 5.75 Å². The SMILES string of the molecule is Cc1cc(-[s+]2ccc3ccccc32)cc(C)c1OCC(=O)OC(C)(C)C#CC1CCCC1. The first-order valence-electron chi connectivity index (χ1n) is 11.3. The smallest absolute Gasteiger partial charge is 0.345 e. The minimum Gasteiger partial charge on any atom is -0.481 e. The first kappa shape index (κ1) is 22.4. The molecule has 166 valence electrons. The van der Waals surface area contributed by atoms with E-state index in [-0.39, 0.29) is 17.1 Å². The van der Waals surface area contributed by atoms with Crippen molar-refractivity contribution in [2.24, 2.45) is 5.92 Å². The van der Waals surface area contributed by atoms with Crippen LogP contribution in [0.2, 0.25) is 0 Å². The third-order valence-corrected chi connectivity index (χ3v) is 7.86. The first-order valence-corrected chi connectivity index (χ1v) is 12.6. The van der Waals surface area contributed by atoms with Crippen molar-refractivity contribution in [3.8, 4) is 22.5 Å². The largest absolute Gasteiger partial charge is 0.481 e. The Morgan fingerprint density at radius 3 is 2.50 bits per heavy atom. The summed E-state index contributed by atoms with van der Waals surface area (Å²) >= 11 is 0. The molecule has 4 rings (SSSR count). The Hall–Kier alpha value is -2.77. The zero-order valence-electron chi connectivity index (χ0n) is 19.4. The van der Waals surface area contributed by atoms with E-state index in [1.807, 2.05) is 27.7 Å². The van der Waals surface area contributed by atoms with Gasteiger partial charge in [0.05, 0.1) is 0 Å². The van der Waals surface area contributed by atoms with E-state index in [2.05, 4.69) is 59.7 Å². The fourth-order valence-electron chi connectivity index (χ4n) is 4.32. The normalized spacial score (nSPS) is 14.8. The number of hydrogen-bond acceptors (Lipinski definition) is 3. The molecule has 0 saturated heterocycles. The molecule has 1 saturated carbocycles. The number of esters is 1. The van der Waals surface area contributed by atoms with Gasteiger partial charge >= 0.3 is 5.97 Å². The van der Waals surface area contributed by atoms with Gasteiger partial charge in [0.25, 0.3) is 0 Å². The van der Waals surface area contributed by atoms with Gasteiger partial charge in [-0.3, -0.25) is 0 Å². The minimum absolute atomic E-state index is 0.0673. The van der Waals surface area contributed by atoms with Crippen molar-refractivity contribution < 1.29 is 14.3 Å². The second-order valence-corrected chi connectivity index (χ2v) is 10.9. The number of ether oxygens (including phenoxy) is 2. The number of aryl methyl sites for hydroxylation is 2. The zero-order valence-corrected chi connectivity index (χ0v) is 20.2. The molecule has 1 aromatic heterocycles. The quantitative estimate of drug-likeness (QED) is 0.238. The lowest BCUT2D eigenvalue weighted by molar-refractivity contribution is -0.154. The summed E-state index contributed by atoms with van der Waals surface area (Å²) in [5, 5.41) is 3.55. The Bertz CT molecular complexity index is 1160. The monoisotopic (exact) mass is 447 g/mol. The molecule has 1 unspecified atom stereocenters. The molecule has 32 heavy (non-hydrogen) atoms. The van der Waals surface area contributed by atoms with Crippen LogP contribution in [0.25, 0.3) is 15.0 Å². The maximum Gasteiger partial charge on any atom is 0.345 e. The summed E-state index contributed by atoms with van der Waals surface area (Å²) < 4.78 is 12.9. The van der Waals surface area contributed by atoms with Gasteiger partial charge in [-0.1, -0.05) is 36.8 Å². The van der Waals surface area contributed by atoms with Crippen molar-refractivity contribution in [3.05, 3.63) is 59.0 Å².